The molecule has 0 aliphatic rings. The maximum atomic E-state index is 11.9. The fraction of sp³-hybridized carbons (Fsp3) is 0.357. The first-order valence-electron chi connectivity index (χ1n) is 5.94. The summed E-state index contributed by atoms with van der Waals surface area (Å²) in [5, 5.41) is 0.688. The van der Waals surface area contributed by atoms with Gasteiger partial charge < -0.3 is 18.6 Å². The number of rotatable bonds is 5. The molecule has 102 valence electrons. The van der Waals surface area contributed by atoms with Gasteiger partial charge in [-0.25, -0.2) is 0 Å². The lowest BCUT2D eigenvalue weighted by atomic mass is 10.0. The molecule has 5 heteroatoms. The van der Waals surface area contributed by atoms with E-state index in [1.165, 1.54) is 27.4 Å². The second-order valence-corrected chi connectivity index (χ2v) is 3.92. The lowest BCUT2D eigenvalue weighted by Crippen LogP contribution is -2.06. The predicted octanol–water partition coefficient (Wildman–Crippen LogP) is 3.05. The normalized spacial score (nSPS) is 10.5. The number of Topliss-reactive ketones (excluding diaryl/α,β-unsaturated/α-hetero) is 1. The minimum Gasteiger partial charge on any atom is -0.495 e. The third-order valence-electron chi connectivity index (χ3n) is 2.83. The monoisotopic (exact) mass is 264 g/mol. The van der Waals surface area contributed by atoms with Crippen LogP contribution >= 0.6 is 0 Å². The van der Waals surface area contributed by atoms with E-state index in [2.05, 4.69) is 0 Å². The van der Waals surface area contributed by atoms with Gasteiger partial charge in [0.1, 0.15) is 11.3 Å². The van der Waals surface area contributed by atoms with E-state index >= 15 is 0 Å². The summed E-state index contributed by atoms with van der Waals surface area (Å²) in [5.74, 6) is 1.06. The van der Waals surface area contributed by atoms with Crippen molar-refractivity contribution >= 4 is 16.8 Å². The minimum absolute atomic E-state index is 0.151. The second-order valence-electron chi connectivity index (χ2n) is 3.92. The predicted molar refractivity (Wildman–Crippen MR) is 70.5 cm³/mol. The molecule has 2 rings (SSSR count). The number of ketones is 1. The fourth-order valence-electron chi connectivity index (χ4n) is 2.12. The molecule has 0 atom stereocenters. The van der Waals surface area contributed by atoms with Crippen LogP contribution in [0.4, 0.5) is 0 Å². The summed E-state index contributed by atoms with van der Waals surface area (Å²) in [7, 11) is 3.02. The highest BCUT2D eigenvalue weighted by Crippen LogP contribution is 2.46. The molecular formula is C14H16O5. The zero-order chi connectivity index (χ0) is 14.0. The van der Waals surface area contributed by atoms with Gasteiger partial charge in [-0.15, -0.1) is 0 Å². The molecule has 0 unspecified atom stereocenters. The summed E-state index contributed by atoms with van der Waals surface area (Å²) in [6, 6.07) is 1.73. The molecule has 0 saturated carbocycles. The summed E-state index contributed by atoms with van der Waals surface area (Å²) < 4.78 is 21.6. The van der Waals surface area contributed by atoms with Crippen LogP contribution in [-0.2, 0) is 0 Å². The maximum absolute atomic E-state index is 11.9. The van der Waals surface area contributed by atoms with Crippen LogP contribution in [0.1, 0.15) is 24.2 Å². The van der Waals surface area contributed by atoms with Crippen LogP contribution < -0.4 is 14.2 Å². The van der Waals surface area contributed by atoms with E-state index in [0.29, 0.717) is 40.4 Å². The third-order valence-corrected chi connectivity index (χ3v) is 2.83. The Kier molecular flexibility index (Phi) is 3.64. The van der Waals surface area contributed by atoms with Crippen molar-refractivity contribution in [3.63, 3.8) is 0 Å². The highest BCUT2D eigenvalue weighted by atomic mass is 16.5. The number of furan rings is 1. The summed E-state index contributed by atoms with van der Waals surface area (Å²) in [5.41, 5.74) is 0.878. The maximum Gasteiger partial charge on any atom is 0.205 e. The molecule has 1 heterocycles. The molecular weight excluding hydrogens is 248 g/mol. The molecule has 1 aromatic carbocycles. The molecule has 0 fully saturated rings. The molecule has 0 saturated heterocycles. The number of methoxy groups -OCH3 is 2. The largest absolute Gasteiger partial charge is 0.495 e. The van der Waals surface area contributed by atoms with Crippen molar-refractivity contribution in [2.45, 2.75) is 13.8 Å². The van der Waals surface area contributed by atoms with Gasteiger partial charge in [0.05, 0.1) is 32.5 Å². The number of fused-ring (bicyclic) bond motifs is 1. The van der Waals surface area contributed by atoms with E-state index in [1.54, 1.807) is 6.07 Å². The minimum atomic E-state index is -0.151. The molecule has 0 N–H and O–H groups in total. The Hall–Kier alpha value is -2.17. The van der Waals surface area contributed by atoms with Gasteiger partial charge in [-0.05, 0) is 19.9 Å². The summed E-state index contributed by atoms with van der Waals surface area (Å²) in [6.07, 6.45) is 1.52. The van der Waals surface area contributed by atoms with Gasteiger partial charge in [-0.3, -0.25) is 4.79 Å². The van der Waals surface area contributed by atoms with Crippen molar-refractivity contribution in [3.8, 4) is 17.2 Å². The number of carbonyl (C=O) groups is 1. The Morgan fingerprint density at radius 2 is 1.89 bits per heavy atom. The molecule has 1 aromatic heterocycles. The quantitative estimate of drug-likeness (QED) is 0.777. The topological polar surface area (TPSA) is 57.9 Å². The SMILES string of the molecule is CCOc1c(C(C)=O)c(OC)c2ccoc2c1OC. The number of hydrogen-bond donors (Lipinski definition) is 0. The lowest BCUT2D eigenvalue weighted by molar-refractivity contribution is 0.101. The van der Waals surface area contributed by atoms with E-state index in [4.69, 9.17) is 18.6 Å². The Balaban J connectivity index is 2.91. The Labute approximate surface area is 111 Å². The van der Waals surface area contributed by atoms with Crippen molar-refractivity contribution in [3.05, 3.63) is 17.9 Å². The molecule has 19 heavy (non-hydrogen) atoms. The molecule has 0 aliphatic heterocycles. The molecule has 5 nitrogen and oxygen atoms in total. The van der Waals surface area contributed by atoms with Gasteiger partial charge in [0.2, 0.25) is 5.75 Å². The van der Waals surface area contributed by atoms with E-state index in [-0.39, 0.29) is 5.78 Å². The van der Waals surface area contributed by atoms with Gasteiger partial charge >= 0.3 is 0 Å². The summed E-state index contributed by atoms with van der Waals surface area (Å²) in [4.78, 5) is 11.9. The van der Waals surface area contributed by atoms with Crippen molar-refractivity contribution in [1.29, 1.82) is 0 Å². The molecule has 0 spiro atoms. The van der Waals surface area contributed by atoms with Crippen molar-refractivity contribution in [2.24, 2.45) is 0 Å². The molecule has 0 aliphatic carbocycles. The first-order chi connectivity index (χ1) is 9.15. The van der Waals surface area contributed by atoms with Gasteiger partial charge in [0.25, 0.3) is 0 Å². The summed E-state index contributed by atoms with van der Waals surface area (Å²) in [6.45, 7) is 3.71. The van der Waals surface area contributed by atoms with Gasteiger partial charge in [-0.1, -0.05) is 0 Å². The van der Waals surface area contributed by atoms with Gasteiger partial charge in [0.15, 0.2) is 17.1 Å². The standard InChI is InChI=1S/C14H16O5/c1-5-18-13-10(8(2)15)11(16-3)9-6-7-19-12(9)14(13)17-4/h6-7H,5H2,1-4H3. The molecule has 0 radical (unpaired) electrons. The molecule has 2 aromatic rings. The smallest absolute Gasteiger partial charge is 0.205 e. The summed E-state index contributed by atoms with van der Waals surface area (Å²) >= 11 is 0. The van der Waals surface area contributed by atoms with Crippen LogP contribution in [0.25, 0.3) is 11.0 Å². The second kappa shape index (κ2) is 5.22. The number of carbonyl (C=O) groups excluding carboxylic acids is 1. The third kappa shape index (κ3) is 2.01. The Morgan fingerprint density at radius 3 is 2.42 bits per heavy atom. The van der Waals surface area contributed by atoms with Crippen molar-refractivity contribution in [2.75, 3.05) is 20.8 Å². The number of hydrogen-bond acceptors (Lipinski definition) is 5. The highest BCUT2D eigenvalue weighted by Gasteiger charge is 2.26. The van der Waals surface area contributed by atoms with E-state index in [0.717, 1.165) is 0 Å². The fourth-order valence-corrected chi connectivity index (χ4v) is 2.12. The van der Waals surface area contributed by atoms with Crippen molar-refractivity contribution in [1.82, 2.24) is 0 Å². The lowest BCUT2D eigenvalue weighted by Gasteiger charge is -2.16. The molecule has 0 amide bonds. The van der Waals surface area contributed by atoms with Crippen LogP contribution in [0.2, 0.25) is 0 Å². The van der Waals surface area contributed by atoms with Gasteiger partial charge in [-0.2, -0.15) is 0 Å². The first-order valence-corrected chi connectivity index (χ1v) is 5.94. The average Bonchev–Trinajstić information content (AvgIpc) is 2.85. The van der Waals surface area contributed by atoms with Crippen molar-refractivity contribution < 1.29 is 23.4 Å². The highest BCUT2D eigenvalue weighted by molar-refractivity contribution is 6.08. The zero-order valence-electron chi connectivity index (χ0n) is 11.4. The van der Waals surface area contributed by atoms with E-state index in [1.807, 2.05) is 6.92 Å². The van der Waals surface area contributed by atoms with Gasteiger partial charge in [0, 0.05) is 0 Å². The van der Waals surface area contributed by atoms with Crippen LogP contribution in [0.15, 0.2) is 16.7 Å². The molecule has 0 bridgehead atoms. The van der Waals surface area contributed by atoms with Crippen LogP contribution in [0, 0.1) is 0 Å². The Bertz CT molecular complexity index is 612. The Morgan fingerprint density at radius 1 is 1.21 bits per heavy atom. The number of ether oxygens (including phenoxy) is 3. The van der Waals surface area contributed by atoms with Crippen LogP contribution in [0.5, 0.6) is 17.2 Å². The van der Waals surface area contributed by atoms with Crippen LogP contribution in [-0.4, -0.2) is 26.6 Å². The number of benzene rings is 1. The van der Waals surface area contributed by atoms with E-state index < -0.39 is 0 Å². The first kappa shape index (κ1) is 13.3. The van der Waals surface area contributed by atoms with E-state index in [9.17, 15) is 4.79 Å². The van der Waals surface area contributed by atoms with Crippen LogP contribution in [0.3, 0.4) is 0 Å². The average molecular weight is 264 g/mol. The zero-order valence-corrected chi connectivity index (χ0v) is 11.4.